The Morgan fingerprint density at radius 2 is 0.753 bits per heavy atom. The molecule has 0 aromatic carbocycles. The normalized spacial score (nSPS) is 13.8. The van der Waals surface area contributed by atoms with Crippen molar-refractivity contribution in [2.75, 3.05) is 26.4 Å². The maximum atomic E-state index is 12.7. The highest BCUT2D eigenvalue weighted by Crippen LogP contribution is 2.43. The van der Waals surface area contributed by atoms with Gasteiger partial charge in [0.05, 0.1) is 13.2 Å². The number of unbranched alkanes of at least 4 members (excludes halogenated alkanes) is 26. The maximum Gasteiger partial charge on any atom is 0.472 e. The molecule has 0 bridgehead atoms. The Morgan fingerprint density at radius 1 is 0.425 bits per heavy atom. The third-order valence-electron chi connectivity index (χ3n) is 12.5. The summed E-state index contributed by atoms with van der Waals surface area (Å²) in [6.45, 7) is 3.61. The number of hydrogen-bond acceptors (Lipinski definition) is 8. The topological polar surface area (TPSA) is 134 Å². The fourth-order valence-electron chi connectivity index (χ4n) is 8.08. The van der Waals surface area contributed by atoms with E-state index in [4.69, 9.17) is 24.3 Å². The van der Waals surface area contributed by atoms with Gasteiger partial charge in [-0.2, -0.15) is 0 Å². The summed E-state index contributed by atoms with van der Waals surface area (Å²) in [6, 6.07) is 0. The molecular weight excluding hydrogens is 930 g/mol. The molecule has 3 N–H and O–H groups in total. The second-order valence-corrected chi connectivity index (χ2v) is 20.9. The summed E-state index contributed by atoms with van der Waals surface area (Å²) in [4.78, 5) is 35.2. The van der Waals surface area contributed by atoms with E-state index >= 15 is 0 Å². The van der Waals surface area contributed by atoms with Gasteiger partial charge in [-0.25, -0.2) is 4.57 Å². The van der Waals surface area contributed by atoms with Gasteiger partial charge in [0.15, 0.2) is 6.10 Å². The van der Waals surface area contributed by atoms with Crippen molar-refractivity contribution in [1.82, 2.24) is 0 Å². The summed E-state index contributed by atoms with van der Waals surface area (Å²) < 4.78 is 33.0. The molecule has 0 amide bonds. The van der Waals surface area contributed by atoms with Crippen molar-refractivity contribution in [2.24, 2.45) is 5.73 Å². The highest BCUT2D eigenvalue weighted by molar-refractivity contribution is 7.47. The van der Waals surface area contributed by atoms with Crippen LogP contribution < -0.4 is 5.73 Å². The zero-order chi connectivity index (χ0) is 53.1. The van der Waals surface area contributed by atoms with Crippen LogP contribution in [0.4, 0.5) is 0 Å². The number of phosphoric ester groups is 1. The van der Waals surface area contributed by atoms with E-state index in [9.17, 15) is 19.0 Å². The second-order valence-electron chi connectivity index (χ2n) is 19.5. The standard InChI is InChI=1S/C63H110NO8P/c1-3-5-7-9-11-13-15-17-19-21-22-23-24-25-26-27-28-29-30-31-32-33-34-35-36-37-38-40-42-44-46-48-50-52-54-56-63(66)72-61(60-71-73(67,68)70-58-57-64)59-69-62(65)55-53-51-49-47-45-43-41-39-20-18-16-14-12-10-8-6-4-2/h5,7,11-14,17-20,22-23,25-26,28-29,61H,3-4,6,8-10,15-16,21,24,27,30-60,64H2,1-2H3,(H,67,68)/b7-5-,13-11-,14-12-,19-17-,20-18-,23-22-,26-25-,29-28-. The third kappa shape index (κ3) is 58.1. The van der Waals surface area contributed by atoms with Crippen LogP contribution in [0.1, 0.15) is 258 Å². The van der Waals surface area contributed by atoms with Crippen LogP contribution in [0.25, 0.3) is 0 Å². The zero-order valence-corrected chi connectivity index (χ0v) is 47.7. The first kappa shape index (κ1) is 69.9. The first-order chi connectivity index (χ1) is 35.8. The van der Waals surface area contributed by atoms with Gasteiger partial charge in [0.25, 0.3) is 0 Å². The minimum Gasteiger partial charge on any atom is -0.462 e. The van der Waals surface area contributed by atoms with E-state index in [1.807, 2.05) is 0 Å². The summed E-state index contributed by atoms with van der Waals surface area (Å²) in [5.41, 5.74) is 5.38. The summed E-state index contributed by atoms with van der Waals surface area (Å²) in [6.07, 6.45) is 77.5. The molecule has 0 rings (SSSR count). The zero-order valence-electron chi connectivity index (χ0n) is 46.8. The molecular formula is C63H110NO8P. The minimum atomic E-state index is -4.39. The fourth-order valence-corrected chi connectivity index (χ4v) is 8.85. The molecule has 0 aromatic heterocycles. The maximum absolute atomic E-state index is 12.7. The lowest BCUT2D eigenvalue weighted by molar-refractivity contribution is -0.161. The Hall–Kier alpha value is -3.07. The lowest BCUT2D eigenvalue weighted by Crippen LogP contribution is -2.29. The van der Waals surface area contributed by atoms with E-state index < -0.39 is 26.5 Å². The molecule has 0 saturated carbocycles. The molecule has 73 heavy (non-hydrogen) atoms. The van der Waals surface area contributed by atoms with Crippen molar-refractivity contribution >= 4 is 19.8 Å². The number of hydrogen-bond donors (Lipinski definition) is 2. The van der Waals surface area contributed by atoms with Crippen LogP contribution in [-0.4, -0.2) is 49.3 Å². The average molecular weight is 1040 g/mol. The number of carbonyl (C=O) groups excluding carboxylic acids is 2. The van der Waals surface area contributed by atoms with Gasteiger partial charge in [-0.05, 0) is 96.3 Å². The van der Waals surface area contributed by atoms with Gasteiger partial charge in [0.1, 0.15) is 6.61 Å². The van der Waals surface area contributed by atoms with Crippen molar-refractivity contribution in [3.05, 3.63) is 97.2 Å². The van der Waals surface area contributed by atoms with E-state index in [2.05, 4.69) is 111 Å². The van der Waals surface area contributed by atoms with Crippen LogP contribution in [0.3, 0.4) is 0 Å². The van der Waals surface area contributed by atoms with E-state index in [0.29, 0.717) is 6.42 Å². The summed E-state index contributed by atoms with van der Waals surface area (Å²) in [5.74, 6) is -0.834. The molecule has 2 atom stereocenters. The predicted molar refractivity (Wildman–Crippen MR) is 312 cm³/mol. The van der Waals surface area contributed by atoms with Gasteiger partial charge >= 0.3 is 19.8 Å². The van der Waals surface area contributed by atoms with Crippen molar-refractivity contribution < 1.29 is 37.6 Å². The van der Waals surface area contributed by atoms with Crippen LogP contribution in [0.15, 0.2) is 97.2 Å². The molecule has 0 spiro atoms. The number of allylic oxidation sites excluding steroid dienone is 16. The molecule has 0 radical (unpaired) electrons. The molecule has 0 heterocycles. The molecule has 2 unspecified atom stereocenters. The van der Waals surface area contributed by atoms with Crippen LogP contribution in [-0.2, 0) is 32.7 Å². The van der Waals surface area contributed by atoms with Gasteiger partial charge in [0, 0.05) is 19.4 Å². The summed E-state index contributed by atoms with van der Waals surface area (Å²) >= 11 is 0. The molecule has 10 heteroatoms. The molecule has 0 fully saturated rings. The van der Waals surface area contributed by atoms with Crippen LogP contribution in [0, 0.1) is 0 Å². The Bertz CT molecular complexity index is 1510. The SMILES string of the molecule is CC/C=C\C/C=C\C/C=C\C/C=C\C/C=C\C/C=C\CCCCCCCCCCCCCCCCCCC(=O)OC(COC(=O)CCCCCCCCC/C=C\C/C=C\CCCCC)COP(=O)(O)OCCN. The summed E-state index contributed by atoms with van der Waals surface area (Å²) in [7, 11) is -4.39. The number of rotatable bonds is 55. The van der Waals surface area contributed by atoms with Crippen molar-refractivity contribution in [1.29, 1.82) is 0 Å². The van der Waals surface area contributed by atoms with Crippen molar-refractivity contribution in [3.63, 3.8) is 0 Å². The smallest absolute Gasteiger partial charge is 0.462 e. The van der Waals surface area contributed by atoms with Gasteiger partial charge < -0.3 is 20.1 Å². The molecule has 0 aliphatic carbocycles. The molecule has 0 aliphatic rings. The quantitative estimate of drug-likeness (QED) is 0.0264. The minimum absolute atomic E-state index is 0.0495. The van der Waals surface area contributed by atoms with Crippen molar-refractivity contribution in [3.8, 4) is 0 Å². The van der Waals surface area contributed by atoms with Gasteiger partial charge in [-0.3, -0.25) is 18.6 Å². The Labute approximate surface area is 448 Å². The number of carbonyl (C=O) groups is 2. The lowest BCUT2D eigenvalue weighted by Gasteiger charge is -2.19. The highest BCUT2D eigenvalue weighted by atomic mass is 31.2. The lowest BCUT2D eigenvalue weighted by atomic mass is 10.0. The summed E-state index contributed by atoms with van der Waals surface area (Å²) in [5, 5.41) is 0. The van der Waals surface area contributed by atoms with Crippen LogP contribution >= 0.6 is 7.82 Å². The monoisotopic (exact) mass is 1040 g/mol. The van der Waals surface area contributed by atoms with Crippen LogP contribution in [0.2, 0.25) is 0 Å². The average Bonchev–Trinajstić information content (AvgIpc) is 3.38. The third-order valence-corrected chi connectivity index (χ3v) is 13.4. The van der Waals surface area contributed by atoms with Crippen molar-refractivity contribution in [2.45, 2.75) is 264 Å². The first-order valence-electron chi connectivity index (χ1n) is 29.7. The van der Waals surface area contributed by atoms with E-state index in [1.165, 1.54) is 128 Å². The van der Waals surface area contributed by atoms with E-state index in [1.54, 1.807) is 0 Å². The number of ether oxygens (including phenoxy) is 2. The Morgan fingerprint density at radius 3 is 1.12 bits per heavy atom. The first-order valence-corrected chi connectivity index (χ1v) is 31.2. The number of nitrogens with two attached hydrogens (primary N) is 1. The number of phosphoric acid groups is 1. The Balaban J connectivity index is 3.91. The van der Waals surface area contributed by atoms with Gasteiger partial charge in [-0.1, -0.05) is 246 Å². The second kappa shape index (κ2) is 58.2. The molecule has 420 valence electrons. The van der Waals surface area contributed by atoms with E-state index in [-0.39, 0.29) is 38.6 Å². The molecule has 0 aromatic rings. The molecule has 9 nitrogen and oxygen atoms in total. The predicted octanol–water partition coefficient (Wildman–Crippen LogP) is 18.8. The largest absolute Gasteiger partial charge is 0.472 e. The fraction of sp³-hybridized carbons (Fsp3) is 0.714. The molecule has 0 saturated heterocycles. The van der Waals surface area contributed by atoms with Gasteiger partial charge in [-0.15, -0.1) is 0 Å². The molecule has 0 aliphatic heterocycles. The Kier molecular flexibility index (Phi) is 55.7. The van der Waals surface area contributed by atoms with Crippen LogP contribution in [0.5, 0.6) is 0 Å². The number of esters is 2. The highest BCUT2D eigenvalue weighted by Gasteiger charge is 2.26. The van der Waals surface area contributed by atoms with E-state index in [0.717, 1.165) is 96.3 Å². The van der Waals surface area contributed by atoms with Gasteiger partial charge in [0.2, 0.25) is 0 Å².